The molecule has 4 nitrogen and oxygen atoms in total. The topological polar surface area (TPSA) is 63.4 Å². The Morgan fingerprint density at radius 2 is 2.08 bits per heavy atom. The van der Waals surface area contributed by atoms with Crippen molar-refractivity contribution in [3.8, 4) is 5.75 Å². The fourth-order valence-electron chi connectivity index (χ4n) is 6.53. The number of nitrogens with zero attached hydrogens (tertiary/aromatic N) is 1. The van der Waals surface area contributed by atoms with Crippen LogP contribution < -0.4 is 0 Å². The average molecular weight is 343 g/mol. The normalized spacial score (nSPS) is 36.4. The summed E-state index contributed by atoms with van der Waals surface area (Å²) in [6, 6.07) is 4.26. The number of phenolic OH excluding ortho intramolecular Hbond substituents is 1. The van der Waals surface area contributed by atoms with Gasteiger partial charge in [-0.2, -0.15) is 0 Å². The van der Waals surface area contributed by atoms with E-state index in [1.807, 2.05) is 6.07 Å². The lowest BCUT2D eigenvalue weighted by molar-refractivity contribution is -0.491. The van der Waals surface area contributed by atoms with Crippen LogP contribution in [0, 0.1) is 33.3 Å². The number of aromatic hydroxyl groups is 1. The Morgan fingerprint density at radius 3 is 2.80 bits per heavy atom. The van der Waals surface area contributed by atoms with Crippen LogP contribution in [0.4, 0.5) is 0 Å². The number of hydrogen-bond donors (Lipinski definition) is 1. The maximum atomic E-state index is 11.1. The summed E-state index contributed by atoms with van der Waals surface area (Å²) in [5.74, 6) is 2.58. The van der Waals surface area contributed by atoms with Gasteiger partial charge >= 0.3 is 0 Å². The Balaban J connectivity index is 1.65. The van der Waals surface area contributed by atoms with Gasteiger partial charge in [0, 0.05) is 10.8 Å². The number of fused-ring (bicyclic) bond motifs is 5. The molecule has 0 unspecified atom stereocenters. The van der Waals surface area contributed by atoms with E-state index in [-0.39, 0.29) is 22.8 Å². The van der Waals surface area contributed by atoms with Gasteiger partial charge in [0.25, 0.3) is 0 Å². The van der Waals surface area contributed by atoms with Gasteiger partial charge in [-0.25, -0.2) is 0 Å². The molecule has 25 heavy (non-hydrogen) atoms. The molecule has 0 aromatic heterocycles. The SMILES string of the molecule is CCc1cc2c(cc1O)CC[C@@H]1[C@@H]2CC[C@]2(C)[C@@H](C[N+](=O)[O-])CC[C@@H]12. The van der Waals surface area contributed by atoms with Crippen LogP contribution in [0.25, 0.3) is 0 Å². The number of aryl methyl sites for hydroxylation is 2. The molecule has 3 aliphatic rings. The molecule has 2 fully saturated rings. The van der Waals surface area contributed by atoms with E-state index < -0.39 is 0 Å². The second-order valence-corrected chi connectivity index (χ2v) is 8.78. The van der Waals surface area contributed by atoms with Crippen molar-refractivity contribution in [1.29, 1.82) is 0 Å². The van der Waals surface area contributed by atoms with Gasteiger partial charge in [-0.05, 0) is 90.9 Å². The smallest absolute Gasteiger partial charge is 0.207 e. The van der Waals surface area contributed by atoms with Gasteiger partial charge in [0.05, 0.1) is 0 Å². The van der Waals surface area contributed by atoms with Crippen LogP contribution in [0.15, 0.2) is 12.1 Å². The number of phenols is 1. The molecule has 1 aromatic carbocycles. The predicted octanol–water partition coefficient (Wildman–Crippen LogP) is 4.70. The highest BCUT2D eigenvalue weighted by Gasteiger charge is 2.55. The molecule has 2 saturated carbocycles. The first-order valence-corrected chi connectivity index (χ1v) is 9.90. The van der Waals surface area contributed by atoms with E-state index in [1.165, 1.54) is 17.5 Å². The monoisotopic (exact) mass is 343 g/mol. The minimum Gasteiger partial charge on any atom is -0.508 e. The van der Waals surface area contributed by atoms with Gasteiger partial charge in [-0.15, -0.1) is 0 Å². The van der Waals surface area contributed by atoms with Crippen molar-refractivity contribution in [3.05, 3.63) is 38.9 Å². The molecular weight excluding hydrogens is 314 g/mol. The highest BCUT2D eigenvalue weighted by atomic mass is 16.6. The number of hydrogen-bond acceptors (Lipinski definition) is 3. The molecule has 136 valence electrons. The largest absolute Gasteiger partial charge is 0.508 e. The fraction of sp³-hybridized carbons (Fsp3) is 0.714. The van der Waals surface area contributed by atoms with Crippen LogP contribution in [0.5, 0.6) is 5.75 Å². The van der Waals surface area contributed by atoms with E-state index >= 15 is 0 Å². The lowest BCUT2D eigenvalue weighted by atomic mass is 9.54. The Kier molecular flexibility index (Phi) is 4.04. The second kappa shape index (κ2) is 6.00. The molecule has 5 atom stereocenters. The summed E-state index contributed by atoms with van der Waals surface area (Å²) in [6.45, 7) is 4.58. The van der Waals surface area contributed by atoms with Crippen LogP contribution in [-0.2, 0) is 12.8 Å². The number of nitro groups is 1. The summed E-state index contributed by atoms with van der Waals surface area (Å²) in [4.78, 5) is 11.0. The van der Waals surface area contributed by atoms with E-state index in [0.717, 1.165) is 44.1 Å². The van der Waals surface area contributed by atoms with Crippen LogP contribution in [0.2, 0.25) is 0 Å². The Bertz CT molecular complexity index is 701. The van der Waals surface area contributed by atoms with E-state index in [4.69, 9.17) is 0 Å². The van der Waals surface area contributed by atoms with Gasteiger partial charge in [-0.3, -0.25) is 10.1 Å². The summed E-state index contributed by atoms with van der Waals surface area (Å²) in [5, 5.41) is 21.3. The lowest BCUT2D eigenvalue weighted by Gasteiger charge is -2.50. The third-order valence-electron chi connectivity index (χ3n) is 7.87. The molecule has 0 amide bonds. The van der Waals surface area contributed by atoms with Gasteiger partial charge in [-0.1, -0.05) is 19.9 Å². The fourth-order valence-corrected chi connectivity index (χ4v) is 6.53. The molecule has 0 spiro atoms. The van der Waals surface area contributed by atoms with E-state index in [0.29, 0.717) is 23.5 Å². The molecule has 1 aromatic rings. The number of benzene rings is 1. The lowest BCUT2D eigenvalue weighted by Crippen LogP contribution is -2.43. The maximum Gasteiger partial charge on any atom is 0.207 e. The Morgan fingerprint density at radius 1 is 1.28 bits per heavy atom. The van der Waals surface area contributed by atoms with E-state index in [9.17, 15) is 15.2 Å². The van der Waals surface area contributed by atoms with Gasteiger partial charge < -0.3 is 5.11 Å². The van der Waals surface area contributed by atoms with Crippen molar-refractivity contribution in [2.75, 3.05) is 6.54 Å². The summed E-state index contributed by atoms with van der Waals surface area (Å²) in [5.41, 5.74) is 4.01. The molecular formula is C21H29NO3. The van der Waals surface area contributed by atoms with Crippen molar-refractivity contribution >= 4 is 0 Å². The molecule has 1 N–H and O–H groups in total. The zero-order valence-electron chi connectivity index (χ0n) is 15.3. The van der Waals surface area contributed by atoms with Crippen molar-refractivity contribution in [2.24, 2.45) is 23.2 Å². The Hall–Kier alpha value is -1.58. The van der Waals surface area contributed by atoms with Crippen molar-refractivity contribution in [2.45, 2.75) is 64.7 Å². The van der Waals surface area contributed by atoms with Crippen LogP contribution in [-0.4, -0.2) is 16.6 Å². The van der Waals surface area contributed by atoms with Crippen LogP contribution >= 0.6 is 0 Å². The predicted molar refractivity (Wildman–Crippen MR) is 97.5 cm³/mol. The molecule has 0 aliphatic heterocycles. The zero-order valence-corrected chi connectivity index (χ0v) is 15.3. The van der Waals surface area contributed by atoms with Gasteiger partial charge in [0.15, 0.2) is 0 Å². The number of rotatable bonds is 3. The van der Waals surface area contributed by atoms with Crippen molar-refractivity contribution < 1.29 is 10.0 Å². The van der Waals surface area contributed by atoms with Crippen LogP contribution in [0.3, 0.4) is 0 Å². The van der Waals surface area contributed by atoms with Gasteiger partial charge in [0.2, 0.25) is 6.54 Å². The standard InChI is InChI=1S/C21H29NO3/c1-3-13-10-18-14(11-20(13)23)4-6-17-16(18)8-9-21(2)15(12-22(24)25)5-7-19(17)21/h10-11,15-17,19,23H,3-9,12H2,1-2H3/t15-,16+,17-,19+,21-/m1/s1. The van der Waals surface area contributed by atoms with E-state index in [2.05, 4.69) is 19.9 Å². The first kappa shape index (κ1) is 16.9. The van der Waals surface area contributed by atoms with Gasteiger partial charge in [0.1, 0.15) is 5.75 Å². The quantitative estimate of drug-likeness (QED) is 0.639. The van der Waals surface area contributed by atoms with Crippen LogP contribution in [0.1, 0.15) is 68.6 Å². The molecule has 0 saturated heterocycles. The molecule has 3 aliphatic carbocycles. The molecule has 0 bridgehead atoms. The van der Waals surface area contributed by atoms with E-state index in [1.54, 1.807) is 0 Å². The summed E-state index contributed by atoms with van der Waals surface area (Å²) in [6.07, 6.45) is 7.52. The molecule has 0 radical (unpaired) electrons. The molecule has 4 rings (SSSR count). The maximum absolute atomic E-state index is 11.1. The second-order valence-electron chi connectivity index (χ2n) is 8.78. The van der Waals surface area contributed by atoms with Crippen molar-refractivity contribution in [1.82, 2.24) is 0 Å². The average Bonchev–Trinajstić information content (AvgIpc) is 2.90. The minimum absolute atomic E-state index is 0.100. The Labute approximate surface area is 149 Å². The van der Waals surface area contributed by atoms with Crippen molar-refractivity contribution in [3.63, 3.8) is 0 Å². The zero-order chi connectivity index (χ0) is 17.8. The summed E-state index contributed by atoms with van der Waals surface area (Å²) >= 11 is 0. The highest BCUT2D eigenvalue weighted by Crippen LogP contribution is 2.63. The first-order chi connectivity index (χ1) is 11.9. The molecule has 4 heteroatoms. The third kappa shape index (κ3) is 2.56. The minimum atomic E-state index is -0.100. The molecule has 0 heterocycles. The summed E-state index contributed by atoms with van der Waals surface area (Å²) < 4.78 is 0. The highest BCUT2D eigenvalue weighted by molar-refractivity contribution is 5.45. The summed E-state index contributed by atoms with van der Waals surface area (Å²) in [7, 11) is 0. The third-order valence-corrected chi connectivity index (χ3v) is 7.87. The first-order valence-electron chi connectivity index (χ1n) is 9.90.